The number of carbonyl (C=O) groups is 1. The number of phenols is 1. The second-order valence-corrected chi connectivity index (χ2v) is 4.17. The van der Waals surface area contributed by atoms with Crippen molar-refractivity contribution in [3.63, 3.8) is 0 Å². The van der Waals surface area contributed by atoms with Gasteiger partial charge in [-0.05, 0) is 40.9 Å². The predicted octanol–water partition coefficient (Wildman–Crippen LogP) is 2.85. The second-order valence-electron chi connectivity index (χ2n) is 3.32. The third kappa shape index (κ3) is 2.58. The Morgan fingerprint density at radius 3 is 2.64 bits per heavy atom. The van der Waals surface area contributed by atoms with Crippen LogP contribution >= 0.6 is 15.9 Å². The highest BCUT2D eigenvalue weighted by Gasteiger charge is 2.09. The fraction of sp³-hybridized carbons (Fsp3) is 0.364. The van der Waals surface area contributed by atoms with Crippen LogP contribution in [0.5, 0.6) is 5.75 Å². The maximum atomic E-state index is 10.9. The summed E-state index contributed by atoms with van der Waals surface area (Å²) in [4.78, 5) is 10.9. The molecule has 1 aromatic rings. The average molecular weight is 257 g/mol. The molecule has 14 heavy (non-hydrogen) atoms. The van der Waals surface area contributed by atoms with Crippen LogP contribution in [-0.2, 0) is 17.6 Å². The molecule has 1 rings (SSSR count). The number of benzene rings is 1. The van der Waals surface area contributed by atoms with E-state index in [1.165, 1.54) is 6.92 Å². The van der Waals surface area contributed by atoms with Gasteiger partial charge >= 0.3 is 0 Å². The van der Waals surface area contributed by atoms with Crippen LogP contribution in [0.2, 0.25) is 0 Å². The Bertz CT molecular complexity index is 359. The first kappa shape index (κ1) is 11.2. The molecule has 0 heterocycles. The van der Waals surface area contributed by atoms with Crippen molar-refractivity contribution in [1.29, 1.82) is 0 Å². The number of hydrogen-bond donors (Lipinski definition) is 1. The Kier molecular flexibility index (Phi) is 3.69. The van der Waals surface area contributed by atoms with Crippen molar-refractivity contribution >= 4 is 21.7 Å². The van der Waals surface area contributed by atoms with Crippen molar-refractivity contribution in [2.75, 3.05) is 0 Å². The van der Waals surface area contributed by atoms with Gasteiger partial charge in [0.1, 0.15) is 11.5 Å². The first-order chi connectivity index (χ1) is 6.54. The molecule has 1 N–H and O–H groups in total. The number of aryl methyl sites for hydroxylation is 1. The predicted molar refractivity (Wildman–Crippen MR) is 59.6 cm³/mol. The van der Waals surface area contributed by atoms with Crippen molar-refractivity contribution in [2.24, 2.45) is 0 Å². The Balaban J connectivity index is 3.13. The van der Waals surface area contributed by atoms with Crippen LogP contribution in [0.25, 0.3) is 0 Å². The summed E-state index contributed by atoms with van der Waals surface area (Å²) >= 11 is 3.27. The van der Waals surface area contributed by atoms with E-state index in [0.29, 0.717) is 10.0 Å². The SMILES string of the molecule is CCc1cc(Br)c(O)c(CC(C)=O)c1. The maximum Gasteiger partial charge on any atom is 0.134 e. The number of rotatable bonds is 3. The van der Waals surface area contributed by atoms with Crippen LogP contribution in [0.4, 0.5) is 0 Å². The number of halogens is 1. The zero-order valence-electron chi connectivity index (χ0n) is 8.30. The molecule has 0 aromatic heterocycles. The van der Waals surface area contributed by atoms with Crippen LogP contribution < -0.4 is 0 Å². The van der Waals surface area contributed by atoms with E-state index < -0.39 is 0 Å². The molecule has 0 bridgehead atoms. The lowest BCUT2D eigenvalue weighted by Crippen LogP contribution is -1.98. The van der Waals surface area contributed by atoms with Crippen LogP contribution in [0, 0.1) is 0 Å². The Labute approximate surface area is 92.1 Å². The Hall–Kier alpha value is -0.830. The maximum absolute atomic E-state index is 10.9. The number of aromatic hydroxyl groups is 1. The van der Waals surface area contributed by atoms with E-state index in [0.717, 1.165) is 12.0 Å². The van der Waals surface area contributed by atoms with Crippen LogP contribution in [-0.4, -0.2) is 10.9 Å². The van der Waals surface area contributed by atoms with E-state index in [1.807, 2.05) is 19.1 Å². The Morgan fingerprint density at radius 1 is 1.50 bits per heavy atom. The topological polar surface area (TPSA) is 37.3 Å². The lowest BCUT2D eigenvalue weighted by atomic mass is 10.0. The van der Waals surface area contributed by atoms with Crippen molar-refractivity contribution in [1.82, 2.24) is 0 Å². The molecule has 0 spiro atoms. The smallest absolute Gasteiger partial charge is 0.134 e. The minimum Gasteiger partial charge on any atom is -0.506 e. The molecule has 0 atom stereocenters. The second kappa shape index (κ2) is 4.60. The van der Waals surface area contributed by atoms with Gasteiger partial charge in [-0.15, -0.1) is 0 Å². The number of phenolic OH excluding ortho intramolecular Hbond substituents is 1. The van der Waals surface area contributed by atoms with Gasteiger partial charge in [0.2, 0.25) is 0 Å². The molecule has 76 valence electrons. The summed E-state index contributed by atoms with van der Waals surface area (Å²) in [6.07, 6.45) is 1.18. The molecule has 0 fully saturated rings. The van der Waals surface area contributed by atoms with E-state index >= 15 is 0 Å². The van der Waals surface area contributed by atoms with Gasteiger partial charge < -0.3 is 5.11 Å². The van der Waals surface area contributed by atoms with Gasteiger partial charge in [0.15, 0.2) is 0 Å². The summed E-state index contributed by atoms with van der Waals surface area (Å²) in [7, 11) is 0. The third-order valence-electron chi connectivity index (χ3n) is 2.05. The van der Waals surface area contributed by atoms with Gasteiger partial charge in [0.05, 0.1) is 4.47 Å². The van der Waals surface area contributed by atoms with E-state index in [9.17, 15) is 9.90 Å². The molecule has 0 amide bonds. The van der Waals surface area contributed by atoms with Crippen LogP contribution in [0.15, 0.2) is 16.6 Å². The molecule has 0 unspecified atom stereocenters. The molecule has 0 aliphatic carbocycles. The normalized spacial score (nSPS) is 10.2. The zero-order chi connectivity index (χ0) is 10.7. The number of Topliss-reactive ketones (excluding diaryl/α,β-unsaturated/α-hetero) is 1. The summed E-state index contributed by atoms with van der Waals surface area (Å²) in [5, 5.41) is 9.67. The summed E-state index contributed by atoms with van der Waals surface area (Å²) in [5.74, 6) is 0.234. The van der Waals surface area contributed by atoms with Gasteiger partial charge in [-0.3, -0.25) is 4.79 Å². The molecular weight excluding hydrogens is 244 g/mol. The lowest BCUT2D eigenvalue weighted by Gasteiger charge is -2.07. The third-order valence-corrected chi connectivity index (χ3v) is 2.65. The standard InChI is InChI=1S/C11H13BrO2/c1-3-8-5-9(4-7(2)13)11(14)10(12)6-8/h5-6,14H,3-4H2,1-2H3. The molecule has 0 saturated carbocycles. The molecule has 3 heteroatoms. The summed E-state index contributed by atoms with van der Waals surface area (Å²) in [5.41, 5.74) is 1.81. The van der Waals surface area contributed by atoms with E-state index in [-0.39, 0.29) is 18.0 Å². The van der Waals surface area contributed by atoms with Gasteiger partial charge in [0.25, 0.3) is 0 Å². The molecule has 0 saturated heterocycles. The molecule has 0 aliphatic rings. The van der Waals surface area contributed by atoms with E-state index in [2.05, 4.69) is 15.9 Å². The minimum absolute atomic E-state index is 0.0560. The lowest BCUT2D eigenvalue weighted by molar-refractivity contribution is -0.116. The van der Waals surface area contributed by atoms with Crippen molar-refractivity contribution in [3.05, 3.63) is 27.7 Å². The first-order valence-corrected chi connectivity index (χ1v) is 5.33. The summed E-state index contributed by atoms with van der Waals surface area (Å²) in [6, 6.07) is 3.75. The van der Waals surface area contributed by atoms with Gasteiger partial charge in [-0.1, -0.05) is 13.0 Å². The minimum atomic E-state index is 0.0560. The van der Waals surface area contributed by atoms with E-state index in [1.54, 1.807) is 0 Å². The molecular formula is C11H13BrO2. The largest absolute Gasteiger partial charge is 0.506 e. The molecule has 0 radical (unpaired) electrons. The number of ketones is 1. The zero-order valence-corrected chi connectivity index (χ0v) is 9.89. The summed E-state index contributed by atoms with van der Waals surface area (Å²) < 4.78 is 0.660. The van der Waals surface area contributed by atoms with Crippen LogP contribution in [0.1, 0.15) is 25.0 Å². The fourth-order valence-corrected chi connectivity index (χ4v) is 1.87. The molecule has 1 aromatic carbocycles. The molecule has 2 nitrogen and oxygen atoms in total. The number of carbonyl (C=O) groups excluding carboxylic acids is 1. The van der Waals surface area contributed by atoms with Crippen molar-refractivity contribution in [2.45, 2.75) is 26.7 Å². The highest BCUT2D eigenvalue weighted by Crippen LogP contribution is 2.30. The van der Waals surface area contributed by atoms with Gasteiger partial charge in [-0.25, -0.2) is 0 Å². The first-order valence-electron chi connectivity index (χ1n) is 4.54. The highest BCUT2D eigenvalue weighted by molar-refractivity contribution is 9.10. The van der Waals surface area contributed by atoms with Crippen LogP contribution in [0.3, 0.4) is 0 Å². The fourth-order valence-electron chi connectivity index (χ4n) is 1.33. The Morgan fingerprint density at radius 2 is 2.14 bits per heavy atom. The average Bonchev–Trinajstić information content (AvgIpc) is 2.11. The number of hydrogen-bond acceptors (Lipinski definition) is 2. The van der Waals surface area contributed by atoms with Crippen molar-refractivity contribution < 1.29 is 9.90 Å². The van der Waals surface area contributed by atoms with Gasteiger partial charge in [-0.2, -0.15) is 0 Å². The highest BCUT2D eigenvalue weighted by atomic mass is 79.9. The van der Waals surface area contributed by atoms with E-state index in [4.69, 9.17) is 0 Å². The monoisotopic (exact) mass is 256 g/mol. The summed E-state index contributed by atoms with van der Waals surface area (Å²) in [6.45, 7) is 3.56. The van der Waals surface area contributed by atoms with Crippen molar-refractivity contribution in [3.8, 4) is 5.75 Å². The van der Waals surface area contributed by atoms with Gasteiger partial charge in [0, 0.05) is 12.0 Å². The molecule has 0 aliphatic heterocycles. The quantitative estimate of drug-likeness (QED) is 0.903.